The molecule has 0 atom stereocenters. The number of alkyl halides is 3. The Kier molecular flexibility index (Phi) is 6.81. The van der Waals surface area contributed by atoms with Crippen molar-refractivity contribution in [1.82, 2.24) is 20.0 Å². The van der Waals surface area contributed by atoms with E-state index in [0.29, 0.717) is 45.9 Å². The molecular formula is C14H23F3N4O3. The predicted octanol–water partition coefficient (Wildman–Crippen LogP) is -0.859. The van der Waals surface area contributed by atoms with Crippen molar-refractivity contribution in [1.29, 1.82) is 0 Å². The molecule has 2 rings (SSSR count). The minimum atomic E-state index is -4.40. The van der Waals surface area contributed by atoms with Crippen molar-refractivity contribution >= 4 is 11.8 Å². The van der Waals surface area contributed by atoms with Crippen LogP contribution in [0.1, 0.15) is 0 Å². The number of ether oxygens (including phenoxy) is 1. The molecule has 0 aromatic carbocycles. The fourth-order valence-corrected chi connectivity index (χ4v) is 2.66. The number of hydrogen-bond acceptors (Lipinski definition) is 5. The molecule has 2 heterocycles. The molecule has 0 aromatic heterocycles. The second-order valence-electron chi connectivity index (χ2n) is 5.94. The fraction of sp³-hybridized carbons (Fsp3) is 0.857. The topological polar surface area (TPSA) is 65.1 Å². The number of carbonyl (C=O) groups excluding carboxylic acids is 2. The number of nitrogens with zero attached hydrogens (tertiary/aromatic N) is 3. The van der Waals surface area contributed by atoms with Gasteiger partial charge in [-0.2, -0.15) is 13.2 Å². The van der Waals surface area contributed by atoms with Crippen LogP contribution in [0, 0.1) is 0 Å². The monoisotopic (exact) mass is 352 g/mol. The van der Waals surface area contributed by atoms with Crippen LogP contribution in [0.2, 0.25) is 0 Å². The Balaban J connectivity index is 1.65. The van der Waals surface area contributed by atoms with E-state index in [2.05, 4.69) is 0 Å². The summed E-state index contributed by atoms with van der Waals surface area (Å²) in [6.07, 6.45) is -4.40. The van der Waals surface area contributed by atoms with Gasteiger partial charge in [-0.05, 0) is 0 Å². The van der Waals surface area contributed by atoms with E-state index in [1.54, 1.807) is 9.80 Å². The highest BCUT2D eigenvalue weighted by molar-refractivity contribution is 5.79. The van der Waals surface area contributed by atoms with E-state index in [1.807, 2.05) is 10.2 Å². The third kappa shape index (κ3) is 6.62. The van der Waals surface area contributed by atoms with Crippen LogP contribution in [-0.2, 0) is 14.3 Å². The van der Waals surface area contributed by atoms with E-state index in [9.17, 15) is 22.8 Å². The van der Waals surface area contributed by atoms with Gasteiger partial charge in [-0.3, -0.25) is 19.4 Å². The van der Waals surface area contributed by atoms with Crippen LogP contribution in [-0.4, -0.2) is 105 Å². The molecule has 10 heteroatoms. The van der Waals surface area contributed by atoms with Gasteiger partial charge >= 0.3 is 6.18 Å². The molecule has 0 saturated carbocycles. The zero-order valence-corrected chi connectivity index (χ0v) is 13.5. The Morgan fingerprint density at radius 3 is 2.08 bits per heavy atom. The number of morpholine rings is 1. The van der Waals surface area contributed by atoms with Gasteiger partial charge in [-0.25, -0.2) is 0 Å². The number of piperazine rings is 1. The summed E-state index contributed by atoms with van der Waals surface area (Å²) in [4.78, 5) is 29.2. The van der Waals surface area contributed by atoms with Crippen LogP contribution in [0.25, 0.3) is 0 Å². The summed E-state index contributed by atoms with van der Waals surface area (Å²) in [7, 11) is 0. The van der Waals surface area contributed by atoms with Crippen LogP contribution in [0.5, 0.6) is 0 Å². The lowest BCUT2D eigenvalue weighted by atomic mass is 10.3. The molecule has 0 radical (unpaired) electrons. The minimum Gasteiger partial charge on any atom is -0.379 e. The van der Waals surface area contributed by atoms with Crippen molar-refractivity contribution in [2.24, 2.45) is 0 Å². The number of carbonyl (C=O) groups is 2. The Labute approximate surface area is 138 Å². The molecule has 2 aliphatic heterocycles. The van der Waals surface area contributed by atoms with Crippen molar-refractivity contribution in [3.8, 4) is 0 Å². The summed E-state index contributed by atoms with van der Waals surface area (Å²) in [6.45, 7) is 3.63. The highest BCUT2D eigenvalue weighted by Gasteiger charge is 2.29. The molecule has 2 amide bonds. The number of amides is 2. The largest absolute Gasteiger partial charge is 0.405 e. The Morgan fingerprint density at radius 2 is 1.50 bits per heavy atom. The van der Waals surface area contributed by atoms with Crippen molar-refractivity contribution in [2.75, 3.05) is 72.1 Å². The molecule has 1 N–H and O–H groups in total. The molecule has 0 unspecified atom stereocenters. The van der Waals surface area contributed by atoms with Crippen LogP contribution in [0.4, 0.5) is 13.2 Å². The molecule has 0 spiro atoms. The maximum absolute atomic E-state index is 12.2. The maximum atomic E-state index is 12.2. The highest BCUT2D eigenvalue weighted by atomic mass is 19.4. The SMILES string of the molecule is O=C(CN1CCN(C(=O)CN2CCOCC2)CC1)NCC(F)(F)F. The molecule has 7 nitrogen and oxygen atoms in total. The molecule has 2 aliphatic rings. The molecule has 0 aromatic rings. The molecule has 0 bridgehead atoms. The predicted molar refractivity (Wildman–Crippen MR) is 79.3 cm³/mol. The zero-order valence-electron chi connectivity index (χ0n) is 13.5. The molecule has 24 heavy (non-hydrogen) atoms. The molecule has 2 fully saturated rings. The Bertz CT molecular complexity index is 433. The van der Waals surface area contributed by atoms with Crippen molar-refractivity contribution in [3.63, 3.8) is 0 Å². The van der Waals surface area contributed by atoms with Crippen LogP contribution in [0.15, 0.2) is 0 Å². The number of halogens is 3. The zero-order chi connectivity index (χ0) is 17.6. The minimum absolute atomic E-state index is 0.0399. The average Bonchev–Trinajstić information content (AvgIpc) is 2.54. The van der Waals surface area contributed by atoms with E-state index < -0.39 is 18.6 Å². The van der Waals surface area contributed by atoms with E-state index in [1.165, 1.54) is 0 Å². The number of rotatable bonds is 5. The fourth-order valence-electron chi connectivity index (χ4n) is 2.66. The number of hydrogen-bond donors (Lipinski definition) is 1. The lowest BCUT2D eigenvalue weighted by Crippen LogP contribution is -2.53. The van der Waals surface area contributed by atoms with E-state index in [-0.39, 0.29) is 12.5 Å². The van der Waals surface area contributed by atoms with Gasteiger partial charge in [0.15, 0.2) is 0 Å². The van der Waals surface area contributed by atoms with E-state index >= 15 is 0 Å². The maximum Gasteiger partial charge on any atom is 0.405 e. The lowest BCUT2D eigenvalue weighted by Gasteiger charge is -2.36. The summed E-state index contributed by atoms with van der Waals surface area (Å²) >= 11 is 0. The summed E-state index contributed by atoms with van der Waals surface area (Å²) in [5.74, 6) is -0.613. The van der Waals surface area contributed by atoms with E-state index in [4.69, 9.17) is 4.74 Å². The third-order valence-electron chi connectivity index (χ3n) is 4.04. The second kappa shape index (κ2) is 8.63. The van der Waals surface area contributed by atoms with Crippen LogP contribution < -0.4 is 5.32 Å². The summed E-state index contributed by atoms with van der Waals surface area (Å²) in [6, 6.07) is 0. The Morgan fingerprint density at radius 1 is 0.917 bits per heavy atom. The molecule has 0 aliphatic carbocycles. The van der Waals surface area contributed by atoms with Gasteiger partial charge in [0.2, 0.25) is 11.8 Å². The second-order valence-corrected chi connectivity index (χ2v) is 5.94. The van der Waals surface area contributed by atoms with Gasteiger partial charge in [0.05, 0.1) is 26.3 Å². The van der Waals surface area contributed by atoms with Gasteiger partial charge in [0.25, 0.3) is 0 Å². The van der Waals surface area contributed by atoms with Gasteiger partial charge in [0.1, 0.15) is 6.54 Å². The van der Waals surface area contributed by atoms with E-state index in [0.717, 1.165) is 13.1 Å². The summed E-state index contributed by atoms with van der Waals surface area (Å²) < 4.78 is 41.4. The summed E-state index contributed by atoms with van der Waals surface area (Å²) in [5, 5.41) is 1.85. The van der Waals surface area contributed by atoms with Crippen molar-refractivity contribution in [2.45, 2.75) is 6.18 Å². The molecule has 2 saturated heterocycles. The average molecular weight is 352 g/mol. The van der Waals surface area contributed by atoms with Crippen LogP contribution >= 0.6 is 0 Å². The summed E-state index contributed by atoms with van der Waals surface area (Å²) in [5.41, 5.74) is 0. The quantitative estimate of drug-likeness (QED) is 0.698. The van der Waals surface area contributed by atoms with Gasteiger partial charge in [0, 0.05) is 39.3 Å². The first kappa shape index (κ1) is 18.9. The van der Waals surface area contributed by atoms with Gasteiger partial charge < -0.3 is 15.0 Å². The van der Waals surface area contributed by atoms with Gasteiger partial charge in [-0.15, -0.1) is 0 Å². The number of nitrogens with one attached hydrogen (secondary N) is 1. The Hall–Kier alpha value is -1.39. The van der Waals surface area contributed by atoms with Crippen molar-refractivity contribution in [3.05, 3.63) is 0 Å². The first-order valence-electron chi connectivity index (χ1n) is 7.97. The highest BCUT2D eigenvalue weighted by Crippen LogP contribution is 2.12. The van der Waals surface area contributed by atoms with Crippen molar-refractivity contribution < 1.29 is 27.5 Å². The first-order valence-corrected chi connectivity index (χ1v) is 7.97. The van der Waals surface area contributed by atoms with Gasteiger partial charge in [-0.1, -0.05) is 0 Å². The normalized spacial score (nSPS) is 20.9. The standard InChI is InChI=1S/C14H23F3N4O3/c15-14(16,17)11-18-12(22)9-19-1-3-21(4-2-19)13(23)10-20-5-7-24-8-6-20/h1-11H2,(H,18,22). The first-order chi connectivity index (χ1) is 11.3. The van der Waals surface area contributed by atoms with Crippen LogP contribution in [0.3, 0.4) is 0 Å². The third-order valence-corrected chi connectivity index (χ3v) is 4.04. The molecule has 138 valence electrons. The molecular weight excluding hydrogens is 329 g/mol. The smallest absolute Gasteiger partial charge is 0.379 e. The lowest BCUT2D eigenvalue weighted by molar-refractivity contribution is -0.140.